The van der Waals surface area contributed by atoms with Crippen molar-refractivity contribution >= 4 is 11.6 Å². The molecule has 0 amide bonds. The Kier molecular flexibility index (Phi) is 3.62. The molecule has 1 aliphatic rings. The average Bonchev–Trinajstić information content (AvgIpc) is 2.48. The van der Waals surface area contributed by atoms with Crippen molar-refractivity contribution in [2.45, 2.75) is 25.4 Å². The summed E-state index contributed by atoms with van der Waals surface area (Å²) < 4.78 is 6.07. The van der Waals surface area contributed by atoms with Gasteiger partial charge in [0.05, 0.1) is 10.6 Å². The molecule has 0 radical (unpaired) electrons. The lowest BCUT2D eigenvalue weighted by Crippen LogP contribution is -2.15. The molecule has 20 heavy (non-hydrogen) atoms. The maximum atomic E-state index is 8.89. The maximum absolute atomic E-state index is 8.89. The van der Waals surface area contributed by atoms with E-state index in [2.05, 4.69) is 24.3 Å². The van der Waals surface area contributed by atoms with Crippen LogP contribution in [0.4, 0.5) is 0 Å². The number of benzene rings is 2. The predicted octanol–water partition coefficient (Wildman–Crippen LogP) is 4.67. The van der Waals surface area contributed by atoms with Crippen LogP contribution in [0.2, 0.25) is 5.02 Å². The number of hydrogen-bond donors (Lipinski definition) is 0. The van der Waals surface area contributed by atoms with Crippen molar-refractivity contribution in [3.8, 4) is 11.8 Å². The van der Waals surface area contributed by atoms with Gasteiger partial charge in [-0.15, -0.1) is 0 Å². The highest BCUT2D eigenvalue weighted by Crippen LogP contribution is 2.34. The van der Waals surface area contributed by atoms with E-state index in [4.69, 9.17) is 21.6 Å². The summed E-state index contributed by atoms with van der Waals surface area (Å²) in [6.07, 6.45) is 3.33. The Balaban J connectivity index is 1.86. The molecule has 2 aromatic carbocycles. The van der Waals surface area contributed by atoms with Crippen LogP contribution in [0.3, 0.4) is 0 Å². The summed E-state index contributed by atoms with van der Waals surface area (Å²) in [5.41, 5.74) is 3.10. The highest BCUT2D eigenvalue weighted by atomic mass is 35.5. The molecule has 1 atom stereocenters. The second-order valence-electron chi connectivity index (χ2n) is 4.95. The highest BCUT2D eigenvalue weighted by molar-refractivity contribution is 6.31. The first kappa shape index (κ1) is 13.0. The minimum atomic E-state index is 0.0731. The summed E-state index contributed by atoms with van der Waals surface area (Å²) in [6.45, 7) is 0. The quantitative estimate of drug-likeness (QED) is 0.802. The van der Waals surface area contributed by atoms with Crippen LogP contribution < -0.4 is 4.74 Å². The van der Waals surface area contributed by atoms with Crippen LogP contribution in [0.1, 0.15) is 35.6 Å². The van der Waals surface area contributed by atoms with Gasteiger partial charge in [0.1, 0.15) is 17.9 Å². The molecule has 0 bridgehead atoms. The normalized spacial score (nSPS) is 17.1. The van der Waals surface area contributed by atoms with Crippen LogP contribution >= 0.6 is 11.6 Å². The largest absolute Gasteiger partial charge is 0.486 e. The zero-order valence-electron chi connectivity index (χ0n) is 11.0. The van der Waals surface area contributed by atoms with Crippen LogP contribution in [0.5, 0.6) is 5.75 Å². The first-order valence-electron chi connectivity index (χ1n) is 6.72. The number of nitriles is 1. The van der Waals surface area contributed by atoms with Crippen LogP contribution in [-0.2, 0) is 6.42 Å². The van der Waals surface area contributed by atoms with Gasteiger partial charge in [-0.1, -0.05) is 35.9 Å². The monoisotopic (exact) mass is 283 g/mol. The summed E-state index contributed by atoms with van der Waals surface area (Å²) >= 11 is 6.04. The van der Waals surface area contributed by atoms with E-state index in [1.165, 1.54) is 11.1 Å². The molecule has 0 N–H and O–H groups in total. The summed E-state index contributed by atoms with van der Waals surface area (Å²) in [4.78, 5) is 0. The van der Waals surface area contributed by atoms with E-state index in [9.17, 15) is 0 Å². The molecule has 0 heterocycles. The Hall–Kier alpha value is -1.98. The van der Waals surface area contributed by atoms with Crippen molar-refractivity contribution in [3.63, 3.8) is 0 Å². The lowest BCUT2D eigenvalue weighted by molar-refractivity contribution is 0.183. The SMILES string of the molecule is N#Cc1ccc(OC2CCCc3ccccc32)cc1Cl. The first-order valence-corrected chi connectivity index (χ1v) is 7.10. The van der Waals surface area contributed by atoms with E-state index in [0.717, 1.165) is 25.0 Å². The number of nitrogens with zero attached hydrogens (tertiary/aromatic N) is 1. The van der Waals surface area contributed by atoms with E-state index in [-0.39, 0.29) is 6.10 Å². The molecule has 3 rings (SSSR count). The Bertz CT molecular complexity index is 675. The third-order valence-corrected chi connectivity index (χ3v) is 3.97. The minimum Gasteiger partial charge on any atom is -0.486 e. The van der Waals surface area contributed by atoms with Crippen LogP contribution in [0.25, 0.3) is 0 Å². The fraction of sp³-hybridized carbons (Fsp3) is 0.235. The minimum absolute atomic E-state index is 0.0731. The molecule has 1 aliphatic carbocycles. The molecule has 0 spiro atoms. The van der Waals surface area contributed by atoms with Gasteiger partial charge in [0.15, 0.2) is 0 Å². The third kappa shape index (κ3) is 2.50. The van der Waals surface area contributed by atoms with Crippen LogP contribution in [0, 0.1) is 11.3 Å². The van der Waals surface area contributed by atoms with Gasteiger partial charge in [-0.05, 0) is 42.5 Å². The zero-order valence-corrected chi connectivity index (χ0v) is 11.7. The number of hydrogen-bond acceptors (Lipinski definition) is 2. The molecule has 0 saturated heterocycles. The van der Waals surface area contributed by atoms with Gasteiger partial charge < -0.3 is 4.74 Å². The van der Waals surface area contributed by atoms with Crippen LogP contribution in [0.15, 0.2) is 42.5 Å². The van der Waals surface area contributed by atoms with Crippen molar-refractivity contribution in [1.29, 1.82) is 5.26 Å². The molecule has 0 aromatic heterocycles. The summed E-state index contributed by atoms with van der Waals surface area (Å²) in [7, 11) is 0. The van der Waals surface area contributed by atoms with Crippen molar-refractivity contribution in [2.75, 3.05) is 0 Å². The smallest absolute Gasteiger partial charge is 0.124 e. The molecule has 0 saturated carbocycles. The van der Waals surface area contributed by atoms with E-state index in [1.807, 2.05) is 12.1 Å². The average molecular weight is 284 g/mol. The van der Waals surface area contributed by atoms with Gasteiger partial charge in [0.2, 0.25) is 0 Å². The lowest BCUT2D eigenvalue weighted by Gasteiger charge is -2.26. The van der Waals surface area contributed by atoms with E-state index in [0.29, 0.717) is 10.6 Å². The van der Waals surface area contributed by atoms with Crippen LogP contribution in [-0.4, -0.2) is 0 Å². The topological polar surface area (TPSA) is 33.0 Å². The fourth-order valence-corrected chi connectivity index (χ4v) is 2.87. The number of aryl methyl sites for hydroxylation is 1. The molecular formula is C17H14ClNO. The summed E-state index contributed by atoms with van der Waals surface area (Å²) in [5.74, 6) is 0.718. The van der Waals surface area contributed by atoms with Gasteiger partial charge in [0.25, 0.3) is 0 Å². The van der Waals surface area contributed by atoms with Crippen molar-refractivity contribution in [3.05, 3.63) is 64.2 Å². The predicted molar refractivity (Wildman–Crippen MR) is 78.9 cm³/mol. The van der Waals surface area contributed by atoms with E-state index in [1.54, 1.807) is 12.1 Å². The highest BCUT2D eigenvalue weighted by Gasteiger charge is 2.21. The Morgan fingerprint density at radius 3 is 2.85 bits per heavy atom. The van der Waals surface area contributed by atoms with Crippen molar-refractivity contribution in [1.82, 2.24) is 0 Å². The molecule has 0 aliphatic heterocycles. The van der Waals surface area contributed by atoms with Gasteiger partial charge in [-0.25, -0.2) is 0 Å². The van der Waals surface area contributed by atoms with Gasteiger partial charge in [-0.2, -0.15) is 5.26 Å². The first-order chi connectivity index (χ1) is 9.78. The molecule has 0 fully saturated rings. The number of ether oxygens (including phenoxy) is 1. The molecule has 1 unspecified atom stereocenters. The summed E-state index contributed by atoms with van der Waals surface area (Å²) in [6, 6.07) is 15.7. The van der Waals surface area contributed by atoms with Gasteiger partial charge in [-0.3, -0.25) is 0 Å². The third-order valence-electron chi connectivity index (χ3n) is 3.65. The summed E-state index contributed by atoms with van der Waals surface area (Å²) in [5, 5.41) is 9.32. The van der Waals surface area contributed by atoms with E-state index < -0.39 is 0 Å². The standard InChI is InChI=1S/C17H14ClNO/c18-16-10-14(9-8-13(16)11-19)20-17-7-3-5-12-4-1-2-6-15(12)17/h1-2,4,6,8-10,17H,3,5,7H2. The number of halogens is 1. The molecule has 3 heteroatoms. The number of fused-ring (bicyclic) bond motifs is 1. The molecule has 100 valence electrons. The van der Waals surface area contributed by atoms with E-state index >= 15 is 0 Å². The lowest BCUT2D eigenvalue weighted by atomic mass is 9.89. The Morgan fingerprint density at radius 1 is 1.20 bits per heavy atom. The fourth-order valence-electron chi connectivity index (χ4n) is 2.66. The zero-order chi connectivity index (χ0) is 13.9. The maximum Gasteiger partial charge on any atom is 0.124 e. The molecule has 2 nitrogen and oxygen atoms in total. The Morgan fingerprint density at radius 2 is 2.05 bits per heavy atom. The second kappa shape index (κ2) is 5.56. The van der Waals surface area contributed by atoms with Gasteiger partial charge in [0, 0.05) is 6.07 Å². The molecule has 2 aromatic rings. The number of rotatable bonds is 2. The van der Waals surface area contributed by atoms with Crippen molar-refractivity contribution in [2.24, 2.45) is 0 Å². The Labute approximate surface area is 123 Å². The van der Waals surface area contributed by atoms with Crippen molar-refractivity contribution < 1.29 is 4.74 Å². The second-order valence-corrected chi connectivity index (χ2v) is 5.36. The van der Waals surface area contributed by atoms with Gasteiger partial charge >= 0.3 is 0 Å². The molecular weight excluding hydrogens is 270 g/mol.